The summed E-state index contributed by atoms with van der Waals surface area (Å²) >= 11 is 1.20. The standard InChI is InChI=1S/C17H17N5O3S/c1-2-22-15(13-9-6-10-25-13)20-21-17(22)26-11-14(23)19-16(24)18-12-7-4-3-5-8-12/h3-10H,2,11H2,1H3,(H2,18,19,23,24). The second-order valence-corrected chi connectivity index (χ2v) is 6.13. The molecule has 0 bridgehead atoms. The molecular formula is C17H17N5O3S. The number of carbonyl (C=O) groups excluding carboxylic acids is 2. The van der Waals surface area contributed by atoms with Gasteiger partial charge >= 0.3 is 6.03 Å². The van der Waals surface area contributed by atoms with Gasteiger partial charge < -0.3 is 9.73 Å². The number of urea groups is 1. The highest BCUT2D eigenvalue weighted by atomic mass is 32.2. The summed E-state index contributed by atoms with van der Waals surface area (Å²) in [6.07, 6.45) is 1.57. The Morgan fingerprint density at radius 1 is 1.15 bits per heavy atom. The monoisotopic (exact) mass is 371 g/mol. The predicted molar refractivity (Wildman–Crippen MR) is 97.7 cm³/mol. The van der Waals surface area contributed by atoms with Crippen LogP contribution in [-0.4, -0.2) is 32.5 Å². The molecule has 0 spiro atoms. The summed E-state index contributed by atoms with van der Waals surface area (Å²) in [6.45, 7) is 2.58. The highest BCUT2D eigenvalue weighted by Crippen LogP contribution is 2.24. The van der Waals surface area contributed by atoms with Crippen LogP contribution < -0.4 is 10.6 Å². The summed E-state index contributed by atoms with van der Waals surface area (Å²) in [6, 6.07) is 11.9. The van der Waals surface area contributed by atoms with E-state index in [-0.39, 0.29) is 5.75 Å². The summed E-state index contributed by atoms with van der Waals surface area (Å²) in [7, 11) is 0. The Bertz CT molecular complexity index is 877. The van der Waals surface area contributed by atoms with Crippen molar-refractivity contribution in [2.45, 2.75) is 18.6 Å². The summed E-state index contributed by atoms with van der Waals surface area (Å²) in [4.78, 5) is 23.8. The molecule has 3 rings (SSSR count). The van der Waals surface area contributed by atoms with Crippen LogP contribution in [0.15, 0.2) is 58.3 Å². The largest absolute Gasteiger partial charge is 0.461 e. The van der Waals surface area contributed by atoms with E-state index in [1.165, 1.54) is 11.8 Å². The second-order valence-electron chi connectivity index (χ2n) is 5.18. The number of furan rings is 1. The zero-order chi connectivity index (χ0) is 18.4. The minimum absolute atomic E-state index is 0.0402. The van der Waals surface area contributed by atoms with E-state index in [0.29, 0.717) is 29.0 Å². The third-order valence-corrected chi connectivity index (χ3v) is 4.36. The van der Waals surface area contributed by atoms with Crippen molar-refractivity contribution in [3.63, 3.8) is 0 Å². The molecule has 0 aliphatic rings. The molecule has 0 aliphatic carbocycles. The van der Waals surface area contributed by atoms with Crippen molar-refractivity contribution >= 4 is 29.4 Å². The molecule has 3 aromatic rings. The molecule has 0 unspecified atom stereocenters. The van der Waals surface area contributed by atoms with Gasteiger partial charge in [0.15, 0.2) is 16.7 Å². The van der Waals surface area contributed by atoms with Crippen LogP contribution in [0.2, 0.25) is 0 Å². The minimum Gasteiger partial charge on any atom is -0.461 e. The van der Waals surface area contributed by atoms with Crippen molar-refractivity contribution in [1.29, 1.82) is 0 Å². The first-order valence-corrected chi connectivity index (χ1v) is 8.91. The third-order valence-electron chi connectivity index (χ3n) is 3.39. The van der Waals surface area contributed by atoms with E-state index in [4.69, 9.17) is 4.42 Å². The molecule has 0 saturated carbocycles. The molecule has 2 aromatic heterocycles. The first-order valence-electron chi connectivity index (χ1n) is 7.93. The molecule has 0 aliphatic heterocycles. The van der Waals surface area contributed by atoms with E-state index in [0.717, 1.165) is 0 Å². The van der Waals surface area contributed by atoms with E-state index in [1.807, 2.05) is 17.6 Å². The molecule has 26 heavy (non-hydrogen) atoms. The Hall–Kier alpha value is -3.07. The van der Waals surface area contributed by atoms with Crippen LogP contribution in [-0.2, 0) is 11.3 Å². The number of nitrogens with one attached hydrogen (secondary N) is 2. The number of hydrogen-bond donors (Lipinski definition) is 2. The van der Waals surface area contributed by atoms with Crippen LogP contribution in [0.5, 0.6) is 0 Å². The van der Waals surface area contributed by atoms with E-state index in [1.54, 1.807) is 42.7 Å². The number of imide groups is 1. The summed E-state index contributed by atoms with van der Waals surface area (Å²) in [5.74, 6) is 0.826. The molecule has 3 amide bonds. The number of thioether (sulfide) groups is 1. The van der Waals surface area contributed by atoms with Gasteiger partial charge in [-0.25, -0.2) is 4.79 Å². The van der Waals surface area contributed by atoms with Crippen LogP contribution in [0.4, 0.5) is 10.5 Å². The van der Waals surface area contributed by atoms with E-state index in [2.05, 4.69) is 20.8 Å². The Morgan fingerprint density at radius 2 is 1.96 bits per heavy atom. The number of anilines is 1. The number of para-hydroxylation sites is 1. The zero-order valence-corrected chi connectivity index (χ0v) is 14.8. The molecule has 8 nitrogen and oxygen atoms in total. The van der Waals surface area contributed by atoms with Gasteiger partial charge in [-0.3, -0.25) is 14.7 Å². The Morgan fingerprint density at radius 3 is 2.65 bits per heavy atom. The van der Waals surface area contributed by atoms with Gasteiger partial charge in [0.1, 0.15) is 0 Å². The minimum atomic E-state index is -0.574. The van der Waals surface area contributed by atoms with E-state index < -0.39 is 11.9 Å². The van der Waals surface area contributed by atoms with Gasteiger partial charge in [-0.05, 0) is 31.2 Å². The Labute approximate surface area is 154 Å². The molecule has 0 saturated heterocycles. The van der Waals surface area contributed by atoms with Crippen LogP contribution in [0.3, 0.4) is 0 Å². The van der Waals surface area contributed by atoms with E-state index >= 15 is 0 Å². The quantitative estimate of drug-likeness (QED) is 0.646. The van der Waals surface area contributed by atoms with Gasteiger partial charge in [-0.15, -0.1) is 10.2 Å². The Balaban J connectivity index is 1.55. The SMILES string of the molecule is CCn1c(SCC(=O)NC(=O)Nc2ccccc2)nnc1-c1ccco1. The third kappa shape index (κ3) is 4.31. The van der Waals surface area contributed by atoms with E-state index in [9.17, 15) is 9.59 Å². The van der Waals surface area contributed by atoms with Crippen LogP contribution in [0.25, 0.3) is 11.6 Å². The summed E-state index contributed by atoms with van der Waals surface area (Å²) in [5.41, 5.74) is 0.610. The number of amides is 3. The summed E-state index contributed by atoms with van der Waals surface area (Å²) in [5, 5.41) is 13.7. The fraction of sp³-hybridized carbons (Fsp3) is 0.176. The van der Waals surface area contributed by atoms with Gasteiger partial charge in [-0.2, -0.15) is 0 Å². The smallest absolute Gasteiger partial charge is 0.325 e. The van der Waals surface area contributed by atoms with Crippen molar-refractivity contribution < 1.29 is 14.0 Å². The van der Waals surface area contributed by atoms with Crippen molar-refractivity contribution in [2.24, 2.45) is 0 Å². The number of hydrogen-bond acceptors (Lipinski definition) is 6. The van der Waals surface area contributed by atoms with Crippen molar-refractivity contribution in [3.8, 4) is 11.6 Å². The summed E-state index contributed by atoms with van der Waals surface area (Å²) < 4.78 is 7.19. The molecule has 0 fully saturated rings. The van der Waals surface area contributed by atoms with Gasteiger partial charge in [0.05, 0.1) is 12.0 Å². The Kier molecular flexibility index (Phi) is 5.69. The first-order chi connectivity index (χ1) is 12.7. The highest BCUT2D eigenvalue weighted by Gasteiger charge is 2.17. The van der Waals surface area contributed by atoms with Crippen LogP contribution >= 0.6 is 11.8 Å². The number of aromatic nitrogens is 3. The molecule has 1 aromatic carbocycles. The maximum absolute atomic E-state index is 12.0. The topological polar surface area (TPSA) is 102 Å². The average Bonchev–Trinajstić information content (AvgIpc) is 3.29. The number of benzene rings is 1. The number of nitrogens with zero attached hydrogens (tertiary/aromatic N) is 3. The predicted octanol–water partition coefficient (Wildman–Crippen LogP) is 3.00. The normalized spacial score (nSPS) is 10.5. The fourth-order valence-electron chi connectivity index (χ4n) is 2.25. The van der Waals surface area contributed by atoms with Crippen LogP contribution in [0.1, 0.15) is 6.92 Å². The van der Waals surface area contributed by atoms with Crippen molar-refractivity contribution in [1.82, 2.24) is 20.1 Å². The van der Waals surface area contributed by atoms with Gasteiger partial charge in [0.2, 0.25) is 5.91 Å². The molecule has 0 radical (unpaired) electrons. The van der Waals surface area contributed by atoms with Gasteiger partial charge in [0.25, 0.3) is 0 Å². The molecule has 9 heteroatoms. The molecular weight excluding hydrogens is 354 g/mol. The van der Waals surface area contributed by atoms with Gasteiger partial charge in [0, 0.05) is 12.2 Å². The fourth-order valence-corrected chi connectivity index (χ4v) is 3.05. The number of rotatable bonds is 6. The van der Waals surface area contributed by atoms with Crippen molar-refractivity contribution in [3.05, 3.63) is 48.7 Å². The maximum atomic E-state index is 12.0. The lowest BCUT2D eigenvalue weighted by Gasteiger charge is -2.07. The zero-order valence-electron chi connectivity index (χ0n) is 14.0. The molecule has 134 valence electrons. The molecule has 2 N–H and O–H groups in total. The van der Waals surface area contributed by atoms with Crippen molar-refractivity contribution in [2.75, 3.05) is 11.1 Å². The average molecular weight is 371 g/mol. The van der Waals surface area contributed by atoms with Gasteiger partial charge in [-0.1, -0.05) is 30.0 Å². The first kappa shape index (κ1) is 17.7. The second kappa shape index (κ2) is 8.34. The lowest BCUT2D eigenvalue weighted by Crippen LogP contribution is -2.35. The lowest BCUT2D eigenvalue weighted by molar-refractivity contribution is -0.117. The maximum Gasteiger partial charge on any atom is 0.325 e. The number of carbonyl (C=O) groups is 2. The van der Waals surface area contributed by atoms with Crippen LogP contribution in [0, 0.1) is 0 Å². The molecule has 0 atom stereocenters. The lowest BCUT2D eigenvalue weighted by atomic mass is 10.3. The molecule has 2 heterocycles. The highest BCUT2D eigenvalue weighted by molar-refractivity contribution is 7.99.